The molecule has 3 aromatic carbocycles. The summed E-state index contributed by atoms with van der Waals surface area (Å²) in [6.07, 6.45) is 0.256. The van der Waals surface area contributed by atoms with Gasteiger partial charge in [0.15, 0.2) is 0 Å². The molecule has 0 atom stereocenters. The maximum Gasteiger partial charge on any atom is 0.247 e. The Morgan fingerprint density at radius 2 is 1.66 bits per heavy atom. The van der Waals surface area contributed by atoms with Crippen LogP contribution in [0.5, 0.6) is 0 Å². The molecule has 1 N–H and O–H groups in total. The third kappa shape index (κ3) is 5.01. The Balaban J connectivity index is 1.28. The van der Waals surface area contributed by atoms with Gasteiger partial charge in [-0.2, -0.15) is 4.98 Å². The van der Waals surface area contributed by atoms with E-state index in [1.165, 1.54) is 0 Å². The zero-order valence-electron chi connectivity index (χ0n) is 19.6. The number of aromatic nitrogens is 4. The lowest BCUT2D eigenvalue weighted by Gasteiger charge is -2.10. The molecular weight excluding hydrogens is 442 g/mol. The smallest absolute Gasteiger partial charge is 0.247 e. The highest BCUT2D eigenvalue weighted by molar-refractivity contribution is 5.93. The molecule has 0 aliphatic rings. The molecule has 0 aliphatic carbocycles. The van der Waals surface area contributed by atoms with E-state index in [0.717, 1.165) is 33.4 Å². The first kappa shape index (κ1) is 22.2. The van der Waals surface area contributed by atoms with Crippen LogP contribution in [0.25, 0.3) is 34.0 Å². The van der Waals surface area contributed by atoms with Crippen molar-refractivity contribution in [3.05, 3.63) is 89.6 Å². The van der Waals surface area contributed by atoms with Gasteiger partial charge in [-0.3, -0.25) is 4.79 Å². The number of rotatable bonds is 6. The van der Waals surface area contributed by atoms with E-state index >= 15 is 0 Å². The molecule has 0 saturated carbocycles. The van der Waals surface area contributed by atoms with E-state index < -0.39 is 0 Å². The van der Waals surface area contributed by atoms with Crippen LogP contribution in [0.2, 0.25) is 0 Å². The molecule has 0 saturated heterocycles. The second kappa shape index (κ2) is 9.34. The van der Waals surface area contributed by atoms with Crippen molar-refractivity contribution < 1.29 is 13.7 Å². The Bertz CT molecular complexity index is 1500. The normalized spacial score (nSPS) is 10.9. The summed E-state index contributed by atoms with van der Waals surface area (Å²) >= 11 is 0. The van der Waals surface area contributed by atoms with Gasteiger partial charge in [-0.25, -0.2) is 0 Å². The summed E-state index contributed by atoms with van der Waals surface area (Å²) in [5.41, 5.74) is 6.49. The Morgan fingerprint density at radius 1 is 0.857 bits per heavy atom. The van der Waals surface area contributed by atoms with E-state index in [9.17, 15) is 4.79 Å². The van der Waals surface area contributed by atoms with Crippen molar-refractivity contribution in [2.75, 3.05) is 5.32 Å². The number of aryl methyl sites for hydroxylation is 3. The number of hydrogen-bond donors (Lipinski definition) is 1. The lowest BCUT2D eigenvalue weighted by atomic mass is 9.96. The van der Waals surface area contributed by atoms with Gasteiger partial charge in [-0.15, -0.1) is 10.2 Å². The van der Waals surface area contributed by atoms with E-state index in [0.29, 0.717) is 29.2 Å². The second-order valence-electron chi connectivity index (χ2n) is 8.30. The summed E-state index contributed by atoms with van der Waals surface area (Å²) in [4.78, 5) is 16.9. The van der Waals surface area contributed by atoms with Gasteiger partial charge in [-0.1, -0.05) is 47.6 Å². The topological polar surface area (TPSA) is 107 Å². The highest BCUT2D eigenvalue weighted by atomic mass is 16.5. The van der Waals surface area contributed by atoms with Gasteiger partial charge in [0, 0.05) is 30.7 Å². The predicted molar refractivity (Wildman–Crippen MR) is 131 cm³/mol. The first-order valence-corrected chi connectivity index (χ1v) is 11.2. The van der Waals surface area contributed by atoms with Gasteiger partial charge in [0.2, 0.25) is 29.4 Å². The molecule has 8 nitrogen and oxygen atoms in total. The lowest BCUT2D eigenvalue weighted by Crippen LogP contribution is -2.14. The van der Waals surface area contributed by atoms with Gasteiger partial charge >= 0.3 is 0 Å². The van der Waals surface area contributed by atoms with Crippen LogP contribution >= 0.6 is 0 Å². The molecule has 5 rings (SSSR count). The Hall–Kier alpha value is -4.59. The highest BCUT2D eigenvalue weighted by Gasteiger charge is 2.12. The summed E-state index contributed by atoms with van der Waals surface area (Å²) in [6, 6.07) is 21.4. The fourth-order valence-electron chi connectivity index (χ4n) is 3.82. The average Bonchev–Trinajstić information content (AvgIpc) is 3.48. The van der Waals surface area contributed by atoms with Crippen molar-refractivity contribution in [1.29, 1.82) is 0 Å². The molecule has 0 spiro atoms. The first-order chi connectivity index (χ1) is 16.9. The molecule has 35 heavy (non-hydrogen) atoms. The molecule has 5 aromatic rings. The summed E-state index contributed by atoms with van der Waals surface area (Å²) in [5, 5.41) is 14.9. The SMILES string of the molecule is Cc1nc(-c2cccc(NC(=O)Cc3ccc(-c4cc(-c5nnc(C)o5)ccc4C)cc3)c2)no1. The molecule has 0 unspecified atom stereocenters. The van der Waals surface area contributed by atoms with Crippen LogP contribution < -0.4 is 5.32 Å². The third-order valence-corrected chi connectivity index (χ3v) is 5.57. The fourth-order valence-corrected chi connectivity index (χ4v) is 3.82. The summed E-state index contributed by atoms with van der Waals surface area (Å²) < 4.78 is 10.6. The number of benzene rings is 3. The van der Waals surface area contributed by atoms with Crippen LogP contribution in [0.1, 0.15) is 22.9 Å². The zero-order chi connectivity index (χ0) is 24.4. The van der Waals surface area contributed by atoms with E-state index in [1.54, 1.807) is 13.8 Å². The largest absolute Gasteiger partial charge is 0.421 e. The molecule has 2 aromatic heterocycles. The molecule has 0 fully saturated rings. The minimum Gasteiger partial charge on any atom is -0.421 e. The number of carbonyl (C=O) groups excluding carboxylic acids is 1. The number of anilines is 1. The molecular formula is C27H23N5O3. The molecule has 8 heteroatoms. The van der Waals surface area contributed by atoms with Gasteiger partial charge < -0.3 is 14.3 Å². The molecule has 1 amide bonds. The first-order valence-electron chi connectivity index (χ1n) is 11.2. The van der Waals surface area contributed by atoms with Gasteiger partial charge in [-0.05, 0) is 53.4 Å². The monoisotopic (exact) mass is 465 g/mol. The van der Waals surface area contributed by atoms with Gasteiger partial charge in [0.1, 0.15) is 0 Å². The molecule has 2 heterocycles. The quantitative estimate of drug-likeness (QED) is 0.350. The van der Waals surface area contributed by atoms with Crippen molar-refractivity contribution in [1.82, 2.24) is 20.3 Å². The lowest BCUT2D eigenvalue weighted by molar-refractivity contribution is -0.115. The number of nitrogens with one attached hydrogen (secondary N) is 1. The Kier molecular flexibility index (Phi) is 5.93. The molecule has 0 radical (unpaired) electrons. The van der Waals surface area contributed by atoms with Crippen LogP contribution in [0.15, 0.2) is 75.7 Å². The molecule has 174 valence electrons. The second-order valence-corrected chi connectivity index (χ2v) is 8.30. The maximum absolute atomic E-state index is 12.7. The van der Waals surface area contributed by atoms with Gasteiger partial charge in [0.25, 0.3) is 0 Å². The van der Waals surface area contributed by atoms with Crippen molar-refractivity contribution in [2.24, 2.45) is 0 Å². The van der Waals surface area contributed by atoms with Crippen molar-refractivity contribution in [2.45, 2.75) is 27.2 Å². The van der Waals surface area contributed by atoms with Crippen LogP contribution in [-0.2, 0) is 11.2 Å². The van der Waals surface area contributed by atoms with E-state index in [4.69, 9.17) is 8.94 Å². The van der Waals surface area contributed by atoms with Crippen LogP contribution in [0, 0.1) is 20.8 Å². The van der Waals surface area contributed by atoms with E-state index in [2.05, 4.69) is 32.6 Å². The average molecular weight is 466 g/mol. The summed E-state index contributed by atoms with van der Waals surface area (Å²) in [6.45, 7) is 5.57. The number of nitrogens with zero attached hydrogens (tertiary/aromatic N) is 4. The Labute approximate surface area is 202 Å². The number of carbonyl (C=O) groups is 1. The zero-order valence-corrected chi connectivity index (χ0v) is 19.6. The summed E-state index contributed by atoms with van der Waals surface area (Å²) in [7, 11) is 0. The maximum atomic E-state index is 12.7. The van der Waals surface area contributed by atoms with E-state index in [1.807, 2.05) is 66.7 Å². The van der Waals surface area contributed by atoms with Gasteiger partial charge in [0.05, 0.1) is 6.42 Å². The van der Waals surface area contributed by atoms with Crippen LogP contribution in [-0.4, -0.2) is 26.2 Å². The van der Waals surface area contributed by atoms with Crippen LogP contribution in [0.3, 0.4) is 0 Å². The Morgan fingerprint density at radius 3 is 2.37 bits per heavy atom. The molecule has 0 bridgehead atoms. The number of amides is 1. The minimum absolute atomic E-state index is 0.107. The van der Waals surface area contributed by atoms with Crippen molar-refractivity contribution >= 4 is 11.6 Å². The van der Waals surface area contributed by atoms with E-state index in [-0.39, 0.29) is 12.3 Å². The van der Waals surface area contributed by atoms with Crippen LogP contribution in [0.4, 0.5) is 5.69 Å². The van der Waals surface area contributed by atoms with Crippen molar-refractivity contribution in [3.8, 4) is 34.0 Å². The standard InChI is InChI=1S/C27H23N5O3/c1-16-7-10-22(27-31-30-18(3)34-27)15-24(16)20-11-8-19(9-12-20)13-25(33)29-23-6-4-5-21(14-23)26-28-17(2)35-32-26/h4-12,14-15H,13H2,1-3H3,(H,29,33). The summed E-state index contributed by atoms with van der Waals surface area (Å²) in [5.74, 6) is 1.90. The minimum atomic E-state index is -0.107. The van der Waals surface area contributed by atoms with Crippen molar-refractivity contribution in [3.63, 3.8) is 0 Å². The predicted octanol–water partition coefficient (Wildman–Crippen LogP) is 5.56. The highest BCUT2D eigenvalue weighted by Crippen LogP contribution is 2.29. The number of hydrogen-bond acceptors (Lipinski definition) is 7. The third-order valence-electron chi connectivity index (χ3n) is 5.57. The molecule has 0 aliphatic heterocycles. The fraction of sp³-hybridized carbons (Fsp3) is 0.148.